The third-order valence-corrected chi connectivity index (χ3v) is 4.55. The predicted molar refractivity (Wildman–Crippen MR) is 94.1 cm³/mol. The summed E-state index contributed by atoms with van der Waals surface area (Å²) in [6.07, 6.45) is 3.24. The Hall–Kier alpha value is -2.66. The van der Waals surface area contributed by atoms with Crippen LogP contribution in [0.15, 0.2) is 53.7 Å². The van der Waals surface area contributed by atoms with Crippen LogP contribution in [0.25, 0.3) is 10.6 Å². The van der Waals surface area contributed by atoms with Crippen molar-refractivity contribution in [2.24, 2.45) is 0 Å². The van der Waals surface area contributed by atoms with Crippen molar-refractivity contribution in [3.05, 3.63) is 48.8 Å². The van der Waals surface area contributed by atoms with Gasteiger partial charge in [0, 0.05) is 28.5 Å². The molecule has 0 atom stereocenters. The number of aromatic nitrogens is 3. The number of hydrogen-bond donors (Lipinski definition) is 2. The number of nitrogens with one attached hydrogen (secondary N) is 2. The van der Waals surface area contributed by atoms with E-state index < -0.39 is 11.5 Å². The number of thioether (sulfide) groups is 1. The molecule has 0 spiro atoms. The van der Waals surface area contributed by atoms with Crippen LogP contribution in [-0.2, 0) is 0 Å². The third-order valence-electron chi connectivity index (χ3n) is 2.92. The van der Waals surface area contributed by atoms with E-state index in [1.54, 1.807) is 24.5 Å². The summed E-state index contributed by atoms with van der Waals surface area (Å²) in [4.78, 5) is 15.9. The van der Waals surface area contributed by atoms with Crippen molar-refractivity contribution >= 4 is 39.9 Å². The molecule has 0 aliphatic heterocycles. The number of halogens is 3. The summed E-state index contributed by atoms with van der Waals surface area (Å²) >= 11 is 0.966. The molecule has 6 nitrogen and oxygen atoms in total. The van der Waals surface area contributed by atoms with E-state index in [4.69, 9.17) is 0 Å². The van der Waals surface area contributed by atoms with Crippen molar-refractivity contribution in [2.75, 3.05) is 10.6 Å². The van der Waals surface area contributed by atoms with E-state index in [1.165, 1.54) is 35.6 Å². The number of carbonyl (C=O) groups is 1. The lowest BCUT2D eigenvalue weighted by molar-refractivity contribution is -0.0328. The van der Waals surface area contributed by atoms with Gasteiger partial charge in [-0.3, -0.25) is 10.3 Å². The Bertz CT molecular complexity index is 884. The molecule has 3 aromatic rings. The molecule has 11 heteroatoms. The molecule has 26 heavy (non-hydrogen) atoms. The van der Waals surface area contributed by atoms with Crippen LogP contribution in [0.4, 0.5) is 28.8 Å². The second-order valence-electron chi connectivity index (χ2n) is 4.80. The Labute approximate surface area is 153 Å². The first-order valence-corrected chi connectivity index (χ1v) is 8.70. The van der Waals surface area contributed by atoms with Crippen LogP contribution < -0.4 is 10.6 Å². The molecule has 0 saturated carbocycles. The maximum atomic E-state index is 12.3. The molecule has 0 fully saturated rings. The number of anilines is 2. The van der Waals surface area contributed by atoms with Gasteiger partial charge in [-0.05, 0) is 48.2 Å². The molecule has 0 aliphatic rings. The van der Waals surface area contributed by atoms with Crippen molar-refractivity contribution in [2.45, 2.75) is 10.4 Å². The highest BCUT2D eigenvalue weighted by molar-refractivity contribution is 8.00. The van der Waals surface area contributed by atoms with Crippen LogP contribution >= 0.6 is 23.1 Å². The van der Waals surface area contributed by atoms with Gasteiger partial charge in [-0.15, -0.1) is 10.2 Å². The highest BCUT2D eigenvalue weighted by Crippen LogP contribution is 2.37. The van der Waals surface area contributed by atoms with Crippen LogP contribution in [0.1, 0.15) is 0 Å². The van der Waals surface area contributed by atoms with Crippen LogP contribution in [0.2, 0.25) is 0 Å². The summed E-state index contributed by atoms with van der Waals surface area (Å²) < 4.78 is 36.9. The Morgan fingerprint density at radius 2 is 1.69 bits per heavy atom. The normalized spacial score (nSPS) is 11.2. The number of benzene rings is 1. The van der Waals surface area contributed by atoms with E-state index in [2.05, 4.69) is 25.8 Å². The van der Waals surface area contributed by atoms with Gasteiger partial charge in [0.05, 0.1) is 0 Å². The summed E-state index contributed by atoms with van der Waals surface area (Å²) in [5.74, 6) is 0. The van der Waals surface area contributed by atoms with E-state index in [1.807, 2.05) is 0 Å². The topological polar surface area (TPSA) is 79.8 Å². The molecule has 2 heterocycles. The fourth-order valence-electron chi connectivity index (χ4n) is 1.88. The largest absolute Gasteiger partial charge is 0.446 e. The number of rotatable bonds is 4. The third kappa shape index (κ3) is 5.17. The number of pyridine rings is 1. The standard InChI is InChI=1S/C15H10F3N5OS2/c16-15(17,18)26-11-3-1-10(2-4-11)20-13(24)21-14-23-22-12(25-14)9-5-7-19-8-6-9/h1-8H,(H2,20,21,23,24). The SMILES string of the molecule is O=C(Nc1ccc(SC(F)(F)F)cc1)Nc1nnc(-c2ccncc2)s1. The lowest BCUT2D eigenvalue weighted by atomic mass is 10.3. The van der Waals surface area contributed by atoms with Crippen LogP contribution in [0.3, 0.4) is 0 Å². The molecule has 2 N–H and O–H groups in total. The van der Waals surface area contributed by atoms with Gasteiger partial charge in [0.2, 0.25) is 5.13 Å². The first kappa shape index (κ1) is 18.1. The first-order chi connectivity index (χ1) is 12.4. The Kier molecular flexibility index (Phi) is 5.38. The molecule has 0 aliphatic carbocycles. The molecule has 2 amide bonds. The average Bonchev–Trinajstić information content (AvgIpc) is 3.04. The molecule has 3 rings (SSSR count). The van der Waals surface area contributed by atoms with Gasteiger partial charge in [0.15, 0.2) is 0 Å². The second kappa shape index (κ2) is 7.70. The zero-order valence-corrected chi connectivity index (χ0v) is 14.5. The zero-order chi connectivity index (χ0) is 18.6. The van der Waals surface area contributed by atoms with Crippen molar-refractivity contribution in [3.8, 4) is 10.6 Å². The monoisotopic (exact) mass is 397 g/mol. The van der Waals surface area contributed by atoms with Gasteiger partial charge in [0.25, 0.3) is 0 Å². The van der Waals surface area contributed by atoms with E-state index >= 15 is 0 Å². The Balaban J connectivity index is 1.58. The number of alkyl halides is 3. The molecule has 134 valence electrons. The number of amides is 2. The summed E-state index contributed by atoms with van der Waals surface area (Å²) in [5, 5.41) is 13.8. The molecule has 2 aromatic heterocycles. The molecule has 0 unspecified atom stereocenters. The summed E-state index contributed by atoms with van der Waals surface area (Å²) in [7, 11) is 0. The molecule has 0 saturated heterocycles. The minimum atomic E-state index is -4.35. The lowest BCUT2D eigenvalue weighted by Gasteiger charge is -2.07. The minimum absolute atomic E-state index is 0.0366. The zero-order valence-electron chi connectivity index (χ0n) is 12.8. The molecule has 1 aromatic carbocycles. The van der Waals surface area contributed by atoms with Crippen molar-refractivity contribution in [1.82, 2.24) is 15.2 Å². The van der Waals surface area contributed by atoms with E-state index in [9.17, 15) is 18.0 Å². The average molecular weight is 397 g/mol. The number of hydrogen-bond acceptors (Lipinski definition) is 6. The first-order valence-electron chi connectivity index (χ1n) is 7.07. The minimum Gasteiger partial charge on any atom is -0.308 e. The number of urea groups is 1. The van der Waals surface area contributed by atoms with E-state index in [-0.39, 0.29) is 16.7 Å². The van der Waals surface area contributed by atoms with Crippen LogP contribution in [0.5, 0.6) is 0 Å². The van der Waals surface area contributed by atoms with E-state index in [0.717, 1.165) is 5.56 Å². The van der Waals surface area contributed by atoms with Gasteiger partial charge in [-0.2, -0.15) is 13.2 Å². The second-order valence-corrected chi connectivity index (χ2v) is 6.92. The van der Waals surface area contributed by atoms with Gasteiger partial charge < -0.3 is 5.32 Å². The molecular weight excluding hydrogens is 387 g/mol. The van der Waals surface area contributed by atoms with Crippen molar-refractivity contribution < 1.29 is 18.0 Å². The number of nitrogens with zero attached hydrogens (tertiary/aromatic N) is 3. The fraction of sp³-hybridized carbons (Fsp3) is 0.0667. The van der Waals surface area contributed by atoms with Crippen LogP contribution in [-0.4, -0.2) is 26.7 Å². The molecular formula is C15H10F3N5OS2. The molecule has 0 bridgehead atoms. The predicted octanol–water partition coefficient (Wildman–Crippen LogP) is 4.86. The van der Waals surface area contributed by atoms with Crippen LogP contribution in [0, 0.1) is 0 Å². The summed E-state index contributed by atoms with van der Waals surface area (Å²) in [6, 6.07) is 8.29. The van der Waals surface area contributed by atoms with Crippen molar-refractivity contribution in [1.29, 1.82) is 0 Å². The van der Waals surface area contributed by atoms with Gasteiger partial charge in [-0.1, -0.05) is 11.3 Å². The van der Waals surface area contributed by atoms with Gasteiger partial charge in [0.1, 0.15) is 5.01 Å². The summed E-state index contributed by atoms with van der Waals surface area (Å²) in [5.41, 5.74) is -3.17. The fourth-order valence-corrected chi connectivity index (χ4v) is 3.17. The maximum Gasteiger partial charge on any atom is 0.446 e. The Morgan fingerprint density at radius 3 is 2.35 bits per heavy atom. The lowest BCUT2D eigenvalue weighted by Crippen LogP contribution is -2.19. The van der Waals surface area contributed by atoms with Crippen molar-refractivity contribution in [3.63, 3.8) is 0 Å². The highest BCUT2D eigenvalue weighted by Gasteiger charge is 2.29. The maximum absolute atomic E-state index is 12.3. The van der Waals surface area contributed by atoms with Gasteiger partial charge >= 0.3 is 11.5 Å². The smallest absolute Gasteiger partial charge is 0.308 e. The quantitative estimate of drug-likeness (QED) is 0.615. The molecule has 0 radical (unpaired) electrons. The Morgan fingerprint density at radius 1 is 1.00 bits per heavy atom. The summed E-state index contributed by atoms with van der Waals surface area (Å²) in [6.45, 7) is 0. The van der Waals surface area contributed by atoms with Gasteiger partial charge in [-0.25, -0.2) is 4.79 Å². The highest BCUT2D eigenvalue weighted by atomic mass is 32.2. The number of carbonyl (C=O) groups excluding carboxylic acids is 1. The van der Waals surface area contributed by atoms with E-state index in [0.29, 0.717) is 15.8 Å².